The average molecular weight is 377 g/mol. The van der Waals surface area contributed by atoms with E-state index in [9.17, 15) is 0 Å². The number of hydrogen-bond acceptors (Lipinski definition) is 5. The Kier molecular flexibility index (Phi) is 6.51. The predicted molar refractivity (Wildman–Crippen MR) is 113 cm³/mol. The van der Waals surface area contributed by atoms with E-state index < -0.39 is 0 Å². The number of nitrogens with zero attached hydrogens (tertiary/aromatic N) is 4. The van der Waals surface area contributed by atoms with Crippen LogP contribution in [0.4, 0.5) is 17.6 Å². The summed E-state index contributed by atoms with van der Waals surface area (Å²) in [6, 6.07) is 2.16. The van der Waals surface area contributed by atoms with Crippen molar-refractivity contribution in [2.24, 2.45) is 11.8 Å². The maximum atomic E-state index is 5.34. The number of piperidine rings is 2. The van der Waals surface area contributed by atoms with Crippen molar-refractivity contribution in [2.75, 3.05) is 47.8 Å². The molecule has 0 radical (unpaired) electrons. The van der Waals surface area contributed by atoms with Gasteiger partial charge in [-0.3, -0.25) is 0 Å². The molecule has 2 atom stereocenters. The Labute approximate surface area is 162 Å². The first-order valence-corrected chi connectivity index (χ1v) is 10.4. The summed E-state index contributed by atoms with van der Waals surface area (Å²) in [4.78, 5) is 14.3. The van der Waals surface area contributed by atoms with Crippen LogP contribution in [0.3, 0.4) is 0 Å². The summed E-state index contributed by atoms with van der Waals surface area (Å²) in [6.07, 6.45) is 5.04. The number of aromatic nitrogens is 2. The topological polar surface area (TPSA) is 56.3 Å². The van der Waals surface area contributed by atoms with Gasteiger partial charge in [0.05, 0.1) is 0 Å². The normalized spacial score (nSPS) is 23.7. The molecule has 0 bridgehead atoms. The molecule has 0 unspecified atom stereocenters. The van der Waals surface area contributed by atoms with Crippen molar-refractivity contribution < 1.29 is 0 Å². The molecule has 6 nitrogen and oxygen atoms in total. The molecule has 1 aromatic heterocycles. The third-order valence-electron chi connectivity index (χ3n) is 5.22. The van der Waals surface area contributed by atoms with Crippen molar-refractivity contribution in [3.63, 3.8) is 0 Å². The van der Waals surface area contributed by atoms with Gasteiger partial charge in [0.2, 0.25) is 5.95 Å². The lowest BCUT2D eigenvalue weighted by Crippen LogP contribution is -2.37. The molecule has 0 spiro atoms. The molecule has 0 aliphatic carbocycles. The predicted octanol–water partition coefficient (Wildman–Crippen LogP) is 3.26. The molecule has 0 amide bonds. The Morgan fingerprint density at radius 2 is 1.62 bits per heavy atom. The third-order valence-corrected chi connectivity index (χ3v) is 5.47. The van der Waals surface area contributed by atoms with Crippen molar-refractivity contribution in [1.29, 1.82) is 0 Å². The van der Waals surface area contributed by atoms with Gasteiger partial charge >= 0.3 is 0 Å². The molecule has 7 heteroatoms. The van der Waals surface area contributed by atoms with Crippen LogP contribution in [0.5, 0.6) is 0 Å². The summed E-state index contributed by atoms with van der Waals surface area (Å²) in [5.74, 6) is 4.04. The van der Waals surface area contributed by atoms with Gasteiger partial charge in [-0.05, 0) is 56.7 Å². The molecule has 2 aliphatic heterocycles. The van der Waals surface area contributed by atoms with Crippen LogP contribution in [-0.4, -0.2) is 47.8 Å². The summed E-state index contributed by atoms with van der Waals surface area (Å²) >= 11 is 5.34. The van der Waals surface area contributed by atoms with Crippen molar-refractivity contribution >= 4 is 34.9 Å². The quantitative estimate of drug-likeness (QED) is 0.782. The van der Waals surface area contributed by atoms with E-state index in [2.05, 4.69) is 40.3 Å². The fraction of sp³-hybridized carbons (Fsp3) is 0.737. The van der Waals surface area contributed by atoms with Gasteiger partial charge in [-0.25, -0.2) is 0 Å². The molecule has 2 aliphatic rings. The number of rotatable bonds is 4. The van der Waals surface area contributed by atoms with Gasteiger partial charge in [-0.1, -0.05) is 13.8 Å². The lowest BCUT2D eigenvalue weighted by Gasteiger charge is -2.35. The first-order chi connectivity index (χ1) is 12.5. The minimum Gasteiger partial charge on any atom is -0.363 e. The van der Waals surface area contributed by atoms with Crippen LogP contribution >= 0.6 is 12.2 Å². The van der Waals surface area contributed by atoms with Gasteiger partial charge in [0, 0.05) is 38.8 Å². The highest BCUT2D eigenvalue weighted by Crippen LogP contribution is 2.28. The maximum absolute atomic E-state index is 5.34. The van der Waals surface area contributed by atoms with Gasteiger partial charge in [-0.2, -0.15) is 9.97 Å². The summed E-state index contributed by atoms with van der Waals surface area (Å²) in [6.45, 7) is 11.7. The van der Waals surface area contributed by atoms with Gasteiger partial charge in [0.1, 0.15) is 11.6 Å². The Bertz CT molecular complexity index is 582. The minimum atomic E-state index is 0.578. The van der Waals surface area contributed by atoms with E-state index in [1.807, 2.05) is 6.92 Å². The number of thiocarbonyl (C=S) groups is 1. The Morgan fingerprint density at radius 3 is 2.08 bits per heavy atom. The maximum Gasteiger partial charge on any atom is 0.232 e. The summed E-state index contributed by atoms with van der Waals surface area (Å²) in [5.41, 5.74) is 0. The summed E-state index contributed by atoms with van der Waals surface area (Å²) in [5, 5.41) is 6.87. The van der Waals surface area contributed by atoms with E-state index in [0.717, 1.165) is 44.4 Å². The van der Waals surface area contributed by atoms with Crippen molar-refractivity contribution in [3.8, 4) is 0 Å². The van der Waals surface area contributed by atoms with Crippen LogP contribution in [0.1, 0.15) is 46.5 Å². The van der Waals surface area contributed by atoms with Crippen molar-refractivity contribution in [1.82, 2.24) is 15.3 Å². The molecule has 2 N–H and O–H groups in total. The van der Waals surface area contributed by atoms with Crippen LogP contribution in [0.15, 0.2) is 6.07 Å². The van der Waals surface area contributed by atoms with E-state index in [4.69, 9.17) is 22.2 Å². The molecular weight excluding hydrogens is 344 g/mol. The van der Waals surface area contributed by atoms with Crippen molar-refractivity contribution in [3.05, 3.63) is 6.07 Å². The highest BCUT2D eigenvalue weighted by atomic mass is 32.1. The van der Waals surface area contributed by atoms with Gasteiger partial charge in [-0.15, -0.1) is 0 Å². The molecule has 144 valence electrons. The average Bonchev–Trinajstić information content (AvgIpc) is 2.61. The zero-order chi connectivity index (χ0) is 18.5. The van der Waals surface area contributed by atoms with Crippen LogP contribution in [0.2, 0.25) is 0 Å². The lowest BCUT2D eigenvalue weighted by molar-refractivity contribution is 0.441. The lowest BCUT2D eigenvalue weighted by atomic mass is 10.00. The molecule has 2 saturated heterocycles. The van der Waals surface area contributed by atoms with Gasteiger partial charge in [0.15, 0.2) is 5.11 Å². The first kappa shape index (κ1) is 19.1. The number of hydrogen-bond donors (Lipinski definition) is 2. The van der Waals surface area contributed by atoms with Crippen molar-refractivity contribution in [2.45, 2.75) is 46.5 Å². The second kappa shape index (κ2) is 8.84. The summed E-state index contributed by atoms with van der Waals surface area (Å²) < 4.78 is 0. The standard InChI is InChI=1S/C19H32N6S/c1-4-20-19(26)23-18-21-16(24-9-5-7-14(2)12-24)11-17(22-18)25-10-6-8-15(3)13-25/h11,14-15H,4-10,12-13H2,1-3H3,(H2,20,21,22,23,26)/t14-,15-/m0/s1. The van der Waals surface area contributed by atoms with E-state index in [-0.39, 0.29) is 0 Å². The van der Waals surface area contributed by atoms with Crippen LogP contribution < -0.4 is 20.4 Å². The van der Waals surface area contributed by atoms with Gasteiger partial charge in [0.25, 0.3) is 0 Å². The van der Waals surface area contributed by atoms with E-state index in [1.165, 1.54) is 25.7 Å². The van der Waals surface area contributed by atoms with Gasteiger partial charge < -0.3 is 20.4 Å². The van der Waals surface area contributed by atoms with E-state index >= 15 is 0 Å². The molecule has 1 aromatic rings. The summed E-state index contributed by atoms with van der Waals surface area (Å²) in [7, 11) is 0. The molecule has 3 rings (SSSR count). The molecule has 2 fully saturated rings. The van der Waals surface area contributed by atoms with Crippen LogP contribution in [-0.2, 0) is 0 Å². The second-order valence-corrected chi connectivity index (χ2v) is 8.19. The largest absolute Gasteiger partial charge is 0.363 e. The van der Waals surface area contributed by atoms with Crippen LogP contribution in [0, 0.1) is 11.8 Å². The number of anilines is 3. The minimum absolute atomic E-state index is 0.578. The molecular formula is C19H32N6S. The highest BCUT2D eigenvalue weighted by molar-refractivity contribution is 7.80. The monoisotopic (exact) mass is 376 g/mol. The first-order valence-electron chi connectivity index (χ1n) is 9.99. The smallest absolute Gasteiger partial charge is 0.232 e. The Balaban J connectivity index is 1.86. The Morgan fingerprint density at radius 1 is 1.08 bits per heavy atom. The highest BCUT2D eigenvalue weighted by Gasteiger charge is 2.23. The van der Waals surface area contributed by atoms with E-state index in [0.29, 0.717) is 22.9 Å². The fourth-order valence-electron chi connectivity index (χ4n) is 3.90. The molecule has 26 heavy (non-hydrogen) atoms. The Hall–Kier alpha value is -1.63. The molecule has 3 heterocycles. The fourth-order valence-corrected chi connectivity index (χ4v) is 4.14. The zero-order valence-corrected chi connectivity index (χ0v) is 17.1. The molecule has 0 saturated carbocycles. The second-order valence-electron chi connectivity index (χ2n) is 7.78. The molecule has 0 aromatic carbocycles. The van der Waals surface area contributed by atoms with Crippen LogP contribution in [0.25, 0.3) is 0 Å². The van der Waals surface area contributed by atoms with E-state index in [1.54, 1.807) is 0 Å². The SMILES string of the molecule is CCNC(=S)Nc1nc(N2CCC[C@H](C)C2)cc(N2CCC[C@H](C)C2)n1. The zero-order valence-electron chi connectivity index (χ0n) is 16.3. The number of nitrogens with one attached hydrogen (secondary N) is 2. The third kappa shape index (κ3) is 4.96.